The lowest BCUT2D eigenvalue weighted by Gasteiger charge is -2.20. The van der Waals surface area contributed by atoms with Gasteiger partial charge in [-0.05, 0) is 36.4 Å². The molecule has 2 atom stereocenters. The van der Waals surface area contributed by atoms with Crippen molar-refractivity contribution in [2.24, 2.45) is 10.3 Å². The Bertz CT molecular complexity index is 1010. The molecule has 10 heteroatoms. The first-order chi connectivity index (χ1) is 13.4. The van der Waals surface area contributed by atoms with Gasteiger partial charge in [0.15, 0.2) is 12.1 Å². The second-order valence-corrected chi connectivity index (χ2v) is 6.68. The van der Waals surface area contributed by atoms with Crippen molar-refractivity contribution in [2.45, 2.75) is 12.1 Å². The van der Waals surface area contributed by atoms with Gasteiger partial charge in [-0.25, -0.2) is 9.29 Å². The summed E-state index contributed by atoms with van der Waals surface area (Å²) in [7, 11) is 0. The Hall–Kier alpha value is -3.33. The number of anilines is 2. The molecule has 0 radical (unpaired) electrons. The van der Waals surface area contributed by atoms with E-state index in [2.05, 4.69) is 15.7 Å². The fraction of sp³-hybridized carbons (Fsp3) is 0.167. The first-order valence-corrected chi connectivity index (χ1v) is 8.68. The van der Waals surface area contributed by atoms with E-state index >= 15 is 0 Å². The maximum atomic E-state index is 13.2. The van der Waals surface area contributed by atoms with E-state index < -0.39 is 35.6 Å². The van der Waals surface area contributed by atoms with Crippen molar-refractivity contribution in [2.75, 3.05) is 16.8 Å². The summed E-state index contributed by atoms with van der Waals surface area (Å²) in [5.41, 5.74) is 0.600. The number of carbonyl (C=O) groups excluding carboxylic acids is 3. The Morgan fingerprint density at radius 3 is 2.68 bits per heavy atom. The van der Waals surface area contributed by atoms with Crippen LogP contribution in [-0.2, 0) is 14.4 Å². The first kappa shape index (κ1) is 18.1. The van der Waals surface area contributed by atoms with E-state index in [1.165, 1.54) is 24.3 Å². The largest absolute Gasteiger partial charge is 0.324 e. The highest BCUT2D eigenvalue weighted by Gasteiger charge is 2.55. The van der Waals surface area contributed by atoms with Gasteiger partial charge in [0.1, 0.15) is 12.4 Å². The Kier molecular flexibility index (Phi) is 4.52. The van der Waals surface area contributed by atoms with Crippen LogP contribution in [0.3, 0.4) is 0 Å². The highest BCUT2D eigenvalue weighted by atomic mass is 35.5. The predicted molar refractivity (Wildman–Crippen MR) is 98.1 cm³/mol. The second-order valence-electron chi connectivity index (χ2n) is 6.24. The lowest BCUT2D eigenvalue weighted by molar-refractivity contribution is -0.123. The molecule has 1 saturated heterocycles. The van der Waals surface area contributed by atoms with Gasteiger partial charge in [-0.2, -0.15) is 5.11 Å². The summed E-state index contributed by atoms with van der Waals surface area (Å²) in [4.78, 5) is 38.7. The van der Waals surface area contributed by atoms with Crippen LogP contribution in [0, 0.1) is 5.82 Å². The van der Waals surface area contributed by atoms with Crippen molar-refractivity contribution in [3.05, 3.63) is 59.4 Å². The van der Waals surface area contributed by atoms with E-state index in [1.54, 1.807) is 18.2 Å². The normalized spacial score (nSPS) is 20.6. The van der Waals surface area contributed by atoms with Crippen LogP contribution in [0.5, 0.6) is 0 Å². The number of rotatable bonds is 4. The van der Waals surface area contributed by atoms with Crippen molar-refractivity contribution in [1.29, 1.82) is 0 Å². The molecule has 4 rings (SSSR count). The van der Waals surface area contributed by atoms with Crippen LogP contribution in [0.25, 0.3) is 0 Å². The molecule has 0 aromatic heterocycles. The van der Waals surface area contributed by atoms with Crippen molar-refractivity contribution in [3.63, 3.8) is 0 Å². The smallest absolute Gasteiger partial charge is 0.263 e. The number of imide groups is 1. The van der Waals surface area contributed by atoms with Crippen molar-refractivity contribution < 1.29 is 18.8 Å². The van der Waals surface area contributed by atoms with Gasteiger partial charge in [0, 0.05) is 10.7 Å². The third-order valence-corrected chi connectivity index (χ3v) is 4.57. The first-order valence-electron chi connectivity index (χ1n) is 8.30. The number of amides is 3. The van der Waals surface area contributed by atoms with Crippen LogP contribution in [0.2, 0.25) is 5.02 Å². The molecule has 0 spiro atoms. The Labute approximate surface area is 163 Å². The minimum atomic E-state index is -1.02. The summed E-state index contributed by atoms with van der Waals surface area (Å²) in [6.07, 6.45) is 0. The molecule has 2 heterocycles. The molecule has 1 N–H and O–H groups in total. The predicted octanol–water partition coefficient (Wildman–Crippen LogP) is 2.41. The summed E-state index contributed by atoms with van der Waals surface area (Å²) in [6, 6.07) is 9.70. The molecule has 3 amide bonds. The average Bonchev–Trinajstić information content (AvgIpc) is 3.15. The summed E-state index contributed by atoms with van der Waals surface area (Å²) in [6.45, 7) is -0.316. The fourth-order valence-electron chi connectivity index (χ4n) is 3.14. The van der Waals surface area contributed by atoms with Crippen LogP contribution in [-0.4, -0.2) is 41.4 Å². The van der Waals surface area contributed by atoms with Gasteiger partial charge in [-0.3, -0.25) is 19.4 Å². The molecule has 28 heavy (non-hydrogen) atoms. The molecule has 2 aromatic rings. The fourth-order valence-corrected chi connectivity index (χ4v) is 3.32. The Morgan fingerprint density at radius 2 is 1.93 bits per heavy atom. The van der Waals surface area contributed by atoms with Crippen LogP contribution >= 0.6 is 11.6 Å². The third-order valence-electron chi connectivity index (χ3n) is 4.34. The summed E-state index contributed by atoms with van der Waals surface area (Å²) in [5, 5.41) is 11.7. The third kappa shape index (κ3) is 3.20. The monoisotopic (exact) mass is 401 g/mol. The van der Waals surface area contributed by atoms with E-state index in [9.17, 15) is 18.8 Å². The molecule has 0 bridgehead atoms. The zero-order chi connectivity index (χ0) is 19.8. The van der Waals surface area contributed by atoms with E-state index in [1.807, 2.05) is 0 Å². The summed E-state index contributed by atoms with van der Waals surface area (Å²) in [5.74, 6) is -2.09. The molecule has 1 fully saturated rings. The SMILES string of the molecule is O=C(CN1N=N[C@@H]2C(=O)N(c3cccc(Cl)c3)C(=O)[C@H]21)Nc1cccc(F)c1. The lowest BCUT2D eigenvalue weighted by atomic mass is 10.1. The molecule has 2 aliphatic rings. The zero-order valence-electron chi connectivity index (χ0n) is 14.3. The molecule has 0 aliphatic carbocycles. The van der Waals surface area contributed by atoms with Gasteiger partial charge in [0.25, 0.3) is 11.8 Å². The number of nitrogens with one attached hydrogen (secondary N) is 1. The summed E-state index contributed by atoms with van der Waals surface area (Å²) < 4.78 is 13.2. The molecular formula is C18H13ClFN5O3. The van der Waals surface area contributed by atoms with Crippen molar-refractivity contribution in [1.82, 2.24) is 5.01 Å². The van der Waals surface area contributed by atoms with Gasteiger partial charge in [0.05, 0.1) is 5.69 Å². The van der Waals surface area contributed by atoms with E-state index in [0.29, 0.717) is 10.7 Å². The lowest BCUT2D eigenvalue weighted by Crippen LogP contribution is -2.43. The van der Waals surface area contributed by atoms with Crippen LogP contribution < -0.4 is 10.2 Å². The minimum Gasteiger partial charge on any atom is -0.324 e. The Morgan fingerprint density at radius 1 is 1.14 bits per heavy atom. The molecule has 142 valence electrons. The van der Waals surface area contributed by atoms with Gasteiger partial charge in [-0.15, -0.1) is 0 Å². The molecule has 8 nitrogen and oxygen atoms in total. The van der Waals surface area contributed by atoms with Crippen LogP contribution in [0.15, 0.2) is 58.9 Å². The number of carbonyl (C=O) groups is 3. The van der Waals surface area contributed by atoms with Gasteiger partial charge < -0.3 is 5.32 Å². The highest BCUT2D eigenvalue weighted by molar-refractivity contribution is 6.31. The maximum absolute atomic E-state index is 13.2. The van der Waals surface area contributed by atoms with E-state index in [4.69, 9.17) is 11.6 Å². The average molecular weight is 402 g/mol. The van der Waals surface area contributed by atoms with Gasteiger partial charge in [0.2, 0.25) is 5.91 Å². The number of hydrogen-bond acceptors (Lipinski definition) is 6. The number of nitrogens with zero attached hydrogens (tertiary/aromatic N) is 4. The van der Waals surface area contributed by atoms with Gasteiger partial charge >= 0.3 is 0 Å². The van der Waals surface area contributed by atoms with E-state index in [0.717, 1.165) is 16.0 Å². The zero-order valence-corrected chi connectivity index (χ0v) is 15.0. The number of benzene rings is 2. The molecule has 2 aromatic carbocycles. The number of halogens is 2. The van der Waals surface area contributed by atoms with Crippen molar-refractivity contribution in [3.8, 4) is 0 Å². The second kappa shape index (κ2) is 7.01. The van der Waals surface area contributed by atoms with E-state index in [-0.39, 0.29) is 12.2 Å². The number of hydrogen-bond donors (Lipinski definition) is 1. The Balaban J connectivity index is 1.49. The molecular weight excluding hydrogens is 389 g/mol. The van der Waals surface area contributed by atoms with Crippen molar-refractivity contribution >= 4 is 40.7 Å². The standard InChI is InChI=1S/C18H13ClFN5O3/c19-10-3-1-6-13(7-10)25-17(27)15-16(18(25)28)24(23-22-15)9-14(26)21-12-5-2-4-11(20)8-12/h1-8,15-16H,9H2,(H,21,26)/t15-,16-/m0/s1. The van der Waals surface area contributed by atoms with Crippen LogP contribution in [0.4, 0.5) is 15.8 Å². The summed E-state index contributed by atoms with van der Waals surface area (Å²) >= 11 is 5.94. The topological polar surface area (TPSA) is 94.4 Å². The highest BCUT2D eigenvalue weighted by Crippen LogP contribution is 2.32. The maximum Gasteiger partial charge on any atom is 0.263 e. The molecule has 0 unspecified atom stereocenters. The number of fused-ring (bicyclic) bond motifs is 1. The minimum absolute atomic E-state index is 0.270. The molecule has 2 aliphatic heterocycles. The molecule has 0 saturated carbocycles. The van der Waals surface area contributed by atoms with Crippen LogP contribution in [0.1, 0.15) is 0 Å². The van der Waals surface area contributed by atoms with Gasteiger partial charge in [-0.1, -0.05) is 29.0 Å². The quantitative estimate of drug-likeness (QED) is 0.796.